The maximum atomic E-state index is 5.72. The molecule has 1 aromatic carbocycles. The van der Waals surface area contributed by atoms with Gasteiger partial charge in [0.1, 0.15) is 11.3 Å². The van der Waals surface area contributed by atoms with Crippen LogP contribution in [-0.4, -0.2) is 0 Å². The van der Waals surface area contributed by atoms with Crippen molar-refractivity contribution in [3.63, 3.8) is 0 Å². The smallest absolute Gasteiger partial charge is 0.135 e. The minimum atomic E-state index is 0.951. The fourth-order valence-corrected chi connectivity index (χ4v) is 2.14. The van der Waals surface area contributed by atoms with E-state index in [2.05, 4.69) is 17.6 Å². The Morgan fingerprint density at radius 1 is 1.00 bits per heavy atom. The van der Waals surface area contributed by atoms with Crippen LogP contribution in [0.25, 0.3) is 23.1 Å². The van der Waals surface area contributed by atoms with E-state index in [1.807, 2.05) is 29.7 Å². The number of rotatable bonds is 0. The second kappa shape index (κ2) is 3.07. The van der Waals surface area contributed by atoms with E-state index < -0.39 is 0 Å². The van der Waals surface area contributed by atoms with Gasteiger partial charge < -0.3 is 4.42 Å². The molecular formula is C12H8OS. The molecule has 1 nitrogen and oxygen atoms in total. The minimum Gasteiger partial charge on any atom is -0.456 e. The van der Waals surface area contributed by atoms with E-state index in [-0.39, 0.29) is 0 Å². The zero-order valence-electron chi connectivity index (χ0n) is 7.44. The number of fused-ring (bicyclic) bond motifs is 3. The van der Waals surface area contributed by atoms with Crippen LogP contribution in [0.5, 0.6) is 0 Å². The van der Waals surface area contributed by atoms with Gasteiger partial charge in [0.2, 0.25) is 0 Å². The third-order valence-electron chi connectivity index (χ3n) is 2.27. The highest BCUT2D eigenvalue weighted by atomic mass is 32.2. The van der Waals surface area contributed by atoms with Crippen molar-refractivity contribution in [1.29, 1.82) is 0 Å². The van der Waals surface area contributed by atoms with Crippen LogP contribution >= 0.6 is 11.8 Å². The molecule has 0 N–H and O–H groups in total. The number of para-hydroxylation sites is 1. The Morgan fingerprint density at radius 2 is 1.86 bits per heavy atom. The largest absolute Gasteiger partial charge is 0.456 e. The van der Waals surface area contributed by atoms with Gasteiger partial charge in [-0.2, -0.15) is 0 Å². The quantitative estimate of drug-likeness (QED) is 0.634. The summed E-state index contributed by atoms with van der Waals surface area (Å²) in [5, 5.41) is 5.29. The molecule has 0 aliphatic carbocycles. The van der Waals surface area contributed by atoms with Gasteiger partial charge in [-0.05, 0) is 29.0 Å². The van der Waals surface area contributed by atoms with Gasteiger partial charge in [0.05, 0.1) is 0 Å². The van der Waals surface area contributed by atoms with E-state index >= 15 is 0 Å². The topological polar surface area (TPSA) is 13.1 Å². The monoisotopic (exact) mass is 200 g/mol. The predicted octanol–water partition coefficient (Wildman–Crippen LogP) is 4.12. The van der Waals surface area contributed by atoms with Gasteiger partial charge in [-0.3, -0.25) is 0 Å². The van der Waals surface area contributed by atoms with Crippen molar-refractivity contribution < 1.29 is 4.42 Å². The fraction of sp³-hybridized carbons (Fsp3) is 0. The standard InChI is InChI=1S/C12H8OS/c1-2-4-11-9(3-1)10-5-7-14-8-6-12(10)13-11/h1-8H. The van der Waals surface area contributed by atoms with Crippen LogP contribution in [0.2, 0.25) is 0 Å². The minimum absolute atomic E-state index is 0.951. The molecule has 0 saturated carbocycles. The molecule has 2 heteroatoms. The van der Waals surface area contributed by atoms with Crippen LogP contribution in [0.15, 0.2) is 39.5 Å². The maximum Gasteiger partial charge on any atom is 0.135 e. The molecule has 0 bridgehead atoms. The van der Waals surface area contributed by atoms with Gasteiger partial charge in [0, 0.05) is 10.9 Å². The van der Waals surface area contributed by atoms with E-state index in [1.165, 1.54) is 10.9 Å². The molecule has 0 fully saturated rings. The lowest BCUT2D eigenvalue weighted by molar-refractivity contribution is 0.603. The first-order valence-electron chi connectivity index (χ1n) is 4.45. The van der Waals surface area contributed by atoms with Gasteiger partial charge in [-0.1, -0.05) is 18.2 Å². The molecule has 0 radical (unpaired) electrons. The van der Waals surface area contributed by atoms with E-state index in [1.54, 1.807) is 11.8 Å². The lowest BCUT2D eigenvalue weighted by atomic mass is 10.1. The number of benzene rings is 1. The average molecular weight is 200 g/mol. The SMILES string of the molecule is C1=Cc2oc3ccccc3c2C=CS1. The Labute approximate surface area is 86.1 Å². The summed E-state index contributed by atoms with van der Waals surface area (Å²) in [6.07, 6.45) is 4.12. The fourth-order valence-electron chi connectivity index (χ4n) is 1.63. The maximum absolute atomic E-state index is 5.72. The third-order valence-corrected chi connectivity index (χ3v) is 2.86. The number of furan rings is 1. The van der Waals surface area contributed by atoms with Crippen LogP contribution in [0.1, 0.15) is 11.3 Å². The molecule has 1 aliphatic heterocycles. The lowest BCUT2D eigenvalue weighted by Gasteiger charge is -1.87. The summed E-state index contributed by atoms with van der Waals surface area (Å²) in [4.78, 5) is 0. The van der Waals surface area contributed by atoms with E-state index in [0.29, 0.717) is 0 Å². The molecule has 1 aromatic heterocycles. The molecule has 0 atom stereocenters. The summed E-state index contributed by atoms with van der Waals surface area (Å²) in [6, 6.07) is 8.12. The highest BCUT2D eigenvalue weighted by molar-refractivity contribution is 8.05. The van der Waals surface area contributed by atoms with Crippen LogP contribution < -0.4 is 0 Å². The summed E-state index contributed by atoms with van der Waals surface area (Å²) in [5.41, 5.74) is 2.14. The van der Waals surface area contributed by atoms with E-state index in [0.717, 1.165) is 11.3 Å². The Balaban J connectivity index is 2.41. The summed E-state index contributed by atoms with van der Waals surface area (Å²) >= 11 is 1.66. The highest BCUT2D eigenvalue weighted by Crippen LogP contribution is 2.31. The van der Waals surface area contributed by atoms with Crippen molar-refractivity contribution >= 4 is 34.9 Å². The first kappa shape index (κ1) is 7.94. The average Bonchev–Trinajstić information content (AvgIpc) is 2.42. The van der Waals surface area contributed by atoms with Gasteiger partial charge in [-0.25, -0.2) is 0 Å². The van der Waals surface area contributed by atoms with Gasteiger partial charge >= 0.3 is 0 Å². The van der Waals surface area contributed by atoms with Crippen molar-refractivity contribution in [2.24, 2.45) is 0 Å². The molecule has 68 valence electrons. The zero-order valence-corrected chi connectivity index (χ0v) is 8.25. The van der Waals surface area contributed by atoms with Crippen LogP contribution in [-0.2, 0) is 0 Å². The number of hydrogen-bond donors (Lipinski definition) is 0. The first-order chi connectivity index (χ1) is 6.95. The van der Waals surface area contributed by atoms with Gasteiger partial charge in [0.25, 0.3) is 0 Å². The molecule has 1 aliphatic rings. The molecule has 3 rings (SSSR count). The van der Waals surface area contributed by atoms with Crippen LogP contribution in [0.3, 0.4) is 0 Å². The predicted molar refractivity (Wildman–Crippen MR) is 61.9 cm³/mol. The molecule has 0 saturated heterocycles. The summed E-state index contributed by atoms with van der Waals surface area (Å²) in [5.74, 6) is 0.951. The molecule has 0 amide bonds. The van der Waals surface area contributed by atoms with E-state index in [4.69, 9.17) is 4.42 Å². The summed E-state index contributed by atoms with van der Waals surface area (Å²) in [6.45, 7) is 0. The summed E-state index contributed by atoms with van der Waals surface area (Å²) in [7, 11) is 0. The van der Waals surface area contributed by atoms with Crippen molar-refractivity contribution in [3.05, 3.63) is 46.4 Å². The highest BCUT2D eigenvalue weighted by Gasteiger charge is 2.09. The van der Waals surface area contributed by atoms with Crippen molar-refractivity contribution in [2.75, 3.05) is 0 Å². The molecule has 14 heavy (non-hydrogen) atoms. The molecular weight excluding hydrogens is 192 g/mol. The van der Waals surface area contributed by atoms with Crippen LogP contribution in [0, 0.1) is 0 Å². The number of thioether (sulfide) groups is 1. The molecule has 2 heterocycles. The second-order valence-electron chi connectivity index (χ2n) is 3.12. The molecule has 0 unspecified atom stereocenters. The first-order valence-corrected chi connectivity index (χ1v) is 5.39. The molecule has 2 aromatic rings. The Morgan fingerprint density at radius 3 is 2.86 bits per heavy atom. The van der Waals surface area contributed by atoms with Crippen molar-refractivity contribution in [2.45, 2.75) is 0 Å². The van der Waals surface area contributed by atoms with Crippen molar-refractivity contribution in [3.8, 4) is 0 Å². The summed E-state index contributed by atoms with van der Waals surface area (Å²) < 4.78 is 5.72. The molecule has 0 spiro atoms. The van der Waals surface area contributed by atoms with Crippen LogP contribution in [0.4, 0.5) is 0 Å². The third kappa shape index (κ3) is 1.11. The Hall–Kier alpha value is -1.41. The zero-order chi connectivity index (χ0) is 9.38. The number of hydrogen-bond acceptors (Lipinski definition) is 2. The normalized spacial score (nSPS) is 14.3. The Kier molecular flexibility index (Phi) is 1.74. The van der Waals surface area contributed by atoms with E-state index in [9.17, 15) is 0 Å². The second-order valence-corrected chi connectivity index (χ2v) is 3.93. The Bertz CT molecular complexity index is 534. The van der Waals surface area contributed by atoms with Gasteiger partial charge in [-0.15, -0.1) is 11.8 Å². The van der Waals surface area contributed by atoms with Gasteiger partial charge in [0.15, 0.2) is 0 Å². The lowest BCUT2D eigenvalue weighted by Crippen LogP contribution is -1.70. The van der Waals surface area contributed by atoms with Crippen molar-refractivity contribution in [1.82, 2.24) is 0 Å².